The van der Waals surface area contributed by atoms with Crippen molar-refractivity contribution in [2.24, 2.45) is 0 Å². The largest absolute Gasteiger partial charge is 0.466 e. The molecule has 1 fully saturated rings. The van der Waals surface area contributed by atoms with Gasteiger partial charge in [-0.15, -0.1) is 0 Å². The Hall–Kier alpha value is -1.23. The summed E-state index contributed by atoms with van der Waals surface area (Å²) in [5.41, 5.74) is 0. The molecule has 1 saturated heterocycles. The molecule has 1 atom stereocenters. The Kier molecular flexibility index (Phi) is 4.61. The van der Waals surface area contributed by atoms with E-state index in [1.807, 2.05) is 13.8 Å². The smallest absolute Gasteiger partial charge is 0.297 e. The zero-order valence-electron chi connectivity index (χ0n) is 9.41. The zero-order valence-corrected chi connectivity index (χ0v) is 9.41. The van der Waals surface area contributed by atoms with Crippen LogP contribution in [0.1, 0.15) is 13.8 Å². The van der Waals surface area contributed by atoms with Gasteiger partial charge in [-0.1, -0.05) is 19.9 Å². The Labute approximate surface area is 93.8 Å². The highest BCUT2D eigenvalue weighted by Crippen LogP contribution is 2.25. The van der Waals surface area contributed by atoms with Gasteiger partial charge < -0.3 is 10.1 Å². The van der Waals surface area contributed by atoms with E-state index in [0.29, 0.717) is 0 Å². The minimum absolute atomic E-state index is 0.156. The number of hydrogen-bond donors (Lipinski definition) is 1. The predicted octanol–water partition coefficient (Wildman–Crippen LogP) is 2.09. The first-order chi connectivity index (χ1) is 7.68. The van der Waals surface area contributed by atoms with E-state index in [1.54, 1.807) is 18.2 Å². The van der Waals surface area contributed by atoms with Crippen molar-refractivity contribution >= 4 is 0 Å². The molecule has 90 valence electrons. The first-order valence-corrected chi connectivity index (χ1v) is 5.35. The summed E-state index contributed by atoms with van der Waals surface area (Å²) in [5.74, 6) is -2.57. The Morgan fingerprint density at radius 2 is 2.19 bits per heavy atom. The minimum atomic E-state index is -2.81. The number of nitrogens with one attached hydrogen (secondary N) is 1. The van der Waals surface area contributed by atoms with Crippen molar-refractivity contribution in [2.75, 3.05) is 13.1 Å². The summed E-state index contributed by atoms with van der Waals surface area (Å²) in [5, 5.41) is 2.58. The van der Waals surface area contributed by atoms with E-state index < -0.39 is 12.0 Å². The quantitative estimate of drug-likeness (QED) is 0.844. The predicted molar refractivity (Wildman–Crippen MR) is 57.8 cm³/mol. The first-order valence-electron chi connectivity index (χ1n) is 5.35. The number of hydrogen-bond acceptors (Lipinski definition) is 3. The second-order valence-corrected chi connectivity index (χ2v) is 3.17. The fraction of sp³-hybridized carbons (Fsp3) is 0.545. The Morgan fingerprint density at radius 3 is 2.69 bits per heavy atom. The molecule has 1 aliphatic rings. The van der Waals surface area contributed by atoms with E-state index in [-0.39, 0.29) is 19.0 Å². The normalized spacial score (nSPS) is 22.1. The molecule has 2 heterocycles. The third-order valence-corrected chi connectivity index (χ3v) is 2.06. The van der Waals surface area contributed by atoms with Crippen molar-refractivity contribution in [1.82, 2.24) is 10.3 Å². The fourth-order valence-corrected chi connectivity index (χ4v) is 1.32. The van der Waals surface area contributed by atoms with Crippen LogP contribution in [0.3, 0.4) is 0 Å². The Morgan fingerprint density at radius 1 is 1.44 bits per heavy atom. The van der Waals surface area contributed by atoms with E-state index >= 15 is 0 Å². The van der Waals surface area contributed by atoms with E-state index in [1.165, 1.54) is 6.20 Å². The van der Waals surface area contributed by atoms with Crippen LogP contribution in [0.5, 0.6) is 5.88 Å². The molecule has 1 N–H and O–H groups in total. The van der Waals surface area contributed by atoms with E-state index in [4.69, 9.17) is 4.74 Å². The lowest BCUT2D eigenvalue weighted by Gasteiger charge is -2.18. The number of nitrogens with zero attached hydrogens (tertiary/aromatic N) is 1. The van der Waals surface area contributed by atoms with Gasteiger partial charge in [0.1, 0.15) is 0 Å². The lowest BCUT2D eigenvalue weighted by molar-refractivity contribution is -0.0612. The molecule has 0 aromatic carbocycles. The number of aromatic nitrogens is 1. The topological polar surface area (TPSA) is 34.1 Å². The van der Waals surface area contributed by atoms with Crippen LogP contribution < -0.4 is 10.1 Å². The van der Waals surface area contributed by atoms with Crippen LogP contribution in [-0.4, -0.2) is 30.1 Å². The molecule has 0 aliphatic carbocycles. The molecule has 1 aromatic rings. The average Bonchev–Trinajstić information content (AvgIpc) is 2.63. The molecule has 3 nitrogen and oxygen atoms in total. The van der Waals surface area contributed by atoms with Gasteiger partial charge in [0, 0.05) is 18.8 Å². The maximum absolute atomic E-state index is 13.1. The van der Waals surface area contributed by atoms with Crippen molar-refractivity contribution < 1.29 is 13.5 Å². The Bertz CT molecular complexity index is 306. The summed E-state index contributed by atoms with van der Waals surface area (Å²) in [6, 6.07) is 4.97. The standard InChI is InChI=1S/C9H10F2N2O.C2H6/c10-9(11)6-12-5-7(9)14-8-3-1-2-4-13-8;1-2/h1-4,7,12H,5-6H2;1-2H3/t7-;/m1./s1. The van der Waals surface area contributed by atoms with Crippen molar-refractivity contribution in [2.45, 2.75) is 25.9 Å². The number of alkyl halides is 2. The lowest BCUT2D eigenvalue weighted by Crippen LogP contribution is -2.36. The van der Waals surface area contributed by atoms with Gasteiger partial charge in [-0.3, -0.25) is 0 Å². The molecule has 0 bridgehead atoms. The van der Waals surface area contributed by atoms with Gasteiger partial charge >= 0.3 is 0 Å². The van der Waals surface area contributed by atoms with E-state index in [0.717, 1.165) is 0 Å². The van der Waals surface area contributed by atoms with Crippen molar-refractivity contribution in [3.63, 3.8) is 0 Å². The third kappa shape index (κ3) is 3.13. The van der Waals surface area contributed by atoms with Crippen molar-refractivity contribution in [1.29, 1.82) is 0 Å². The molecular formula is C11H16F2N2O. The van der Waals surface area contributed by atoms with Gasteiger partial charge in [-0.05, 0) is 6.07 Å². The maximum Gasteiger partial charge on any atom is 0.297 e. The number of pyridine rings is 1. The summed E-state index contributed by atoms with van der Waals surface area (Å²) >= 11 is 0. The molecule has 0 spiro atoms. The van der Waals surface area contributed by atoms with E-state index in [2.05, 4.69) is 10.3 Å². The summed E-state index contributed by atoms with van der Waals surface area (Å²) in [6.07, 6.45) is 0.396. The van der Waals surface area contributed by atoms with Crippen molar-refractivity contribution in [3.05, 3.63) is 24.4 Å². The molecule has 0 amide bonds. The molecule has 0 saturated carbocycles. The number of rotatable bonds is 2. The van der Waals surface area contributed by atoms with Crippen molar-refractivity contribution in [3.8, 4) is 5.88 Å². The summed E-state index contributed by atoms with van der Waals surface area (Å²) in [6.45, 7) is 3.83. The number of halogens is 2. The van der Waals surface area contributed by atoms with Crippen LogP contribution in [-0.2, 0) is 0 Å². The molecule has 1 aliphatic heterocycles. The Balaban J connectivity index is 0.000000606. The van der Waals surface area contributed by atoms with Gasteiger partial charge in [-0.2, -0.15) is 0 Å². The highest BCUT2D eigenvalue weighted by molar-refractivity contribution is 5.11. The molecular weight excluding hydrogens is 214 g/mol. The van der Waals surface area contributed by atoms with Gasteiger partial charge in [0.15, 0.2) is 6.10 Å². The van der Waals surface area contributed by atoms with Crippen LogP contribution >= 0.6 is 0 Å². The lowest BCUT2D eigenvalue weighted by atomic mass is 10.2. The molecule has 16 heavy (non-hydrogen) atoms. The highest BCUT2D eigenvalue weighted by atomic mass is 19.3. The van der Waals surface area contributed by atoms with Crippen LogP contribution in [0.2, 0.25) is 0 Å². The summed E-state index contributed by atoms with van der Waals surface area (Å²) in [4.78, 5) is 3.82. The third-order valence-electron chi connectivity index (χ3n) is 2.06. The number of ether oxygens (including phenoxy) is 1. The monoisotopic (exact) mass is 230 g/mol. The second kappa shape index (κ2) is 5.75. The van der Waals surface area contributed by atoms with Gasteiger partial charge in [0.25, 0.3) is 5.92 Å². The fourth-order valence-electron chi connectivity index (χ4n) is 1.32. The average molecular weight is 230 g/mol. The van der Waals surface area contributed by atoms with Crippen LogP contribution in [0.4, 0.5) is 8.78 Å². The van der Waals surface area contributed by atoms with Crippen LogP contribution in [0, 0.1) is 0 Å². The van der Waals surface area contributed by atoms with E-state index in [9.17, 15) is 8.78 Å². The minimum Gasteiger partial charge on any atom is -0.466 e. The van der Waals surface area contributed by atoms with Gasteiger partial charge in [0.2, 0.25) is 5.88 Å². The molecule has 5 heteroatoms. The second-order valence-electron chi connectivity index (χ2n) is 3.17. The van der Waals surface area contributed by atoms with Crippen LogP contribution in [0.25, 0.3) is 0 Å². The molecule has 1 aromatic heterocycles. The molecule has 0 radical (unpaired) electrons. The van der Waals surface area contributed by atoms with Gasteiger partial charge in [-0.25, -0.2) is 13.8 Å². The highest BCUT2D eigenvalue weighted by Gasteiger charge is 2.46. The van der Waals surface area contributed by atoms with Crippen LogP contribution in [0.15, 0.2) is 24.4 Å². The zero-order chi connectivity index (χ0) is 12.0. The maximum atomic E-state index is 13.1. The SMILES string of the molecule is CC.FC1(F)CNC[C@H]1Oc1ccccn1. The molecule has 0 unspecified atom stereocenters. The molecule has 2 rings (SSSR count). The summed E-state index contributed by atoms with van der Waals surface area (Å²) in [7, 11) is 0. The first kappa shape index (κ1) is 12.8. The van der Waals surface area contributed by atoms with Gasteiger partial charge in [0.05, 0.1) is 6.54 Å². The summed E-state index contributed by atoms with van der Waals surface area (Å²) < 4.78 is 31.2.